The van der Waals surface area contributed by atoms with Crippen LogP contribution in [-0.4, -0.2) is 36.0 Å². The van der Waals surface area contributed by atoms with Gasteiger partial charge in [0.05, 0.1) is 6.61 Å². The zero-order chi connectivity index (χ0) is 14.5. The summed E-state index contributed by atoms with van der Waals surface area (Å²) in [6.07, 6.45) is -5.03. The van der Waals surface area contributed by atoms with E-state index in [1.807, 2.05) is 0 Å². The molecule has 0 N–H and O–H groups in total. The summed E-state index contributed by atoms with van der Waals surface area (Å²) in [4.78, 5) is 31.4. The molecule has 0 heterocycles. The first-order chi connectivity index (χ1) is 8.11. The molecule has 0 amide bonds. The number of Topliss-reactive ketones (excluding diaryl/α,β-unsaturated/α-hetero) is 1. The molecule has 2 atom stereocenters. The quantitative estimate of drug-likeness (QED) is 0.313. The smallest absolute Gasteiger partial charge is 0.399 e. The van der Waals surface area contributed by atoms with E-state index in [0.717, 1.165) is 6.92 Å². The van der Waals surface area contributed by atoms with Crippen LogP contribution in [0.2, 0.25) is 0 Å². The highest BCUT2D eigenvalue weighted by Crippen LogP contribution is 2.33. The van der Waals surface area contributed by atoms with Gasteiger partial charge in [0, 0.05) is 4.92 Å². The van der Waals surface area contributed by atoms with Crippen LogP contribution in [0.3, 0.4) is 0 Å². The van der Waals surface area contributed by atoms with Crippen LogP contribution in [0.4, 0.5) is 13.2 Å². The van der Waals surface area contributed by atoms with Crippen LogP contribution in [0.5, 0.6) is 0 Å². The molecule has 104 valence electrons. The molecule has 0 aromatic carbocycles. The molecule has 0 aliphatic heterocycles. The lowest BCUT2D eigenvalue weighted by molar-refractivity contribution is -0.498. The fourth-order valence-corrected chi connectivity index (χ4v) is 1.40. The summed E-state index contributed by atoms with van der Waals surface area (Å²) in [6, 6.07) is 0. The number of nitro groups is 1. The van der Waals surface area contributed by atoms with Crippen molar-refractivity contribution in [3.8, 4) is 0 Å². The molecule has 0 aromatic heterocycles. The standard InChI is InChI=1S/C9H12F3NO5/c1-3-18-8(15)7(5(2)14)6(4-13(16)17)9(10,11)12/h6-7H,3-4H2,1-2H3/t6-,7?/m0/s1. The van der Waals surface area contributed by atoms with Crippen molar-refractivity contribution in [2.75, 3.05) is 13.2 Å². The van der Waals surface area contributed by atoms with E-state index < -0.39 is 41.2 Å². The van der Waals surface area contributed by atoms with Crippen LogP contribution in [0.25, 0.3) is 0 Å². The van der Waals surface area contributed by atoms with Crippen LogP contribution in [-0.2, 0) is 14.3 Å². The van der Waals surface area contributed by atoms with E-state index in [1.54, 1.807) is 0 Å². The molecule has 0 saturated carbocycles. The van der Waals surface area contributed by atoms with Gasteiger partial charge in [-0.3, -0.25) is 19.7 Å². The van der Waals surface area contributed by atoms with E-state index in [1.165, 1.54) is 6.92 Å². The highest BCUT2D eigenvalue weighted by Gasteiger charge is 2.53. The van der Waals surface area contributed by atoms with Gasteiger partial charge in [-0.2, -0.15) is 13.2 Å². The summed E-state index contributed by atoms with van der Waals surface area (Å²) in [6.45, 7) is 0.351. The maximum Gasteiger partial charge on any atom is 0.399 e. The van der Waals surface area contributed by atoms with Gasteiger partial charge in [0.1, 0.15) is 17.6 Å². The number of alkyl halides is 3. The molecule has 18 heavy (non-hydrogen) atoms. The Balaban J connectivity index is 5.29. The van der Waals surface area contributed by atoms with E-state index >= 15 is 0 Å². The lowest BCUT2D eigenvalue weighted by Crippen LogP contribution is -2.43. The molecule has 0 aromatic rings. The number of rotatable bonds is 6. The van der Waals surface area contributed by atoms with Crippen molar-refractivity contribution in [1.82, 2.24) is 0 Å². The van der Waals surface area contributed by atoms with Crippen LogP contribution in [0.1, 0.15) is 13.8 Å². The Kier molecular flexibility index (Phi) is 5.73. The number of ketones is 1. The molecule has 6 nitrogen and oxygen atoms in total. The lowest BCUT2D eigenvalue weighted by atomic mass is 9.88. The highest BCUT2D eigenvalue weighted by molar-refractivity contribution is 5.98. The van der Waals surface area contributed by atoms with Crippen LogP contribution in [0, 0.1) is 22.0 Å². The molecule has 0 bridgehead atoms. The predicted molar refractivity (Wildman–Crippen MR) is 52.2 cm³/mol. The van der Waals surface area contributed by atoms with Crippen molar-refractivity contribution in [3.63, 3.8) is 0 Å². The summed E-state index contributed by atoms with van der Waals surface area (Å²) >= 11 is 0. The van der Waals surface area contributed by atoms with E-state index in [-0.39, 0.29) is 6.61 Å². The Morgan fingerprint density at radius 2 is 1.89 bits per heavy atom. The molecule has 0 aliphatic carbocycles. The second-order valence-electron chi connectivity index (χ2n) is 3.50. The highest BCUT2D eigenvalue weighted by atomic mass is 19.4. The summed E-state index contributed by atoms with van der Waals surface area (Å²) in [5.41, 5.74) is 0. The van der Waals surface area contributed by atoms with E-state index in [4.69, 9.17) is 0 Å². The number of hydrogen-bond donors (Lipinski definition) is 0. The average molecular weight is 271 g/mol. The van der Waals surface area contributed by atoms with Gasteiger partial charge >= 0.3 is 12.1 Å². The zero-order valence-electron chi connectivity index (χ0n) is 9.69. The number of esters is 1. The molecular weight excluding hydrogens is 259 g/mol. The first-order valence-electron chi connectivity index (χ1n) is 4.96. The molecule has 0 rings (SSSR count). The van der Waals surface area contributed by atoms with Crippen molar-refractivity contribution >= 4 is 11.8 Å². The van der Waals surface area contributed by atoms with E-state index in [9.17, 15) is 32.9 Å². The molecule has 0 radical (unpaired) electrons. The van der Waals surface area contributed by atoms with Gasteiger partial charge in [-0.1, -0.05) is 0 Å². The number of nitrogens with zero attached hydrogens (tertiary/aromatic N) is 1. The van der Waals surface area contributed by atoms with Gasteiger partial charge in [0.15, 0.2) is 0 Å². The molecule has 9 heteroatoms. The average Bonchev–Trinajstić information content (AvgIpc) is 2.14. The minimum absolute atomic E-state index is 0.217. The number of ether oxygens (including phenoxy) is 1. The fourth-order valence-electron chi connectivity index (χ4n) is 1.40. The number of halogens is 3. The molecule has 0 aliphatic rings. The van der Waals surface area contributed by atoms with Gasteiger partial charge in [-0.15, -0.1) is 0 Å². The van der Waals surface area contributed by atoms with Gasteiger partial charge in [-0.25, -0.2) is 0 Å². The minimum atomic E-state index is -5.03. The van der Waals surface area contributed by atoms with Gasteiger partial charge in [0.2, 0.25) is 6.54 Å². The van der Waals surface area contributed by atoms with Gasteiger partial charge in [0.25, 0.3) is 0 Å². The van der Waals surface area contributed by atoms with Crippen LogP contribution < -0.4 is 0 Å². The Labute approximate surface area is 100 Å². The first kappa shape index (κ1) is 16.3. The Hall–Kier alpha value is -1.67. The second kappa shape index (κ2) is 6.31. The predicted octanol–water partition coefficient (Wildman–Crippen LogP) is 1.21. The summed E-state index contributed by atoms with van der Waals surface area (Å²) in [7, 11) is 0. The van der Waals surface area contributed by atoms with Crippen molar-refractivity contribution in [1.29, 1.82) is 0 Å². The Bertz CT molecular complexity index is 342. The summed E-state index contributed by atoms with van der Waals surface area (Å²) < 4.78 is 42.2. The van der Waals surface area contributed by atoms with Crippen LogP contribution in [0.15, 0.2) is 0 Å². The molecule has 1 unspecified atom stereocenters. The van der Waals surface area contributed by atoms with Gasteiger partial charge in [-0.05, 0) is 13.8 Å². The maximum absolute atomic E-state index is 12.6. The van der Waals surface area contributed by atoms with E-state index in [2.05, 4.69) is 4.74 Å². The lowest BCUT2D eigenvalue weighted by Gasteiger charge is -2.22. The summed E-state index contributed by atoms with van der Waals surface area (Å²) in [5.74, 6) is -7.38. The van der Waals surface area contributed by atoms with Crippen molar-refractivity contribution < 1.29 is 32.4 Å². The monoisotopic (exact) mass is 271 g/mol. The topological polar surface area (TPSA) is 86.5 Å². The first-order valence-corrected chi connectivity index (χ1v) is 4.96. The third-order valence-electron chi connectivity index (χ3n) is 2.15. The fraction of sp³-hybridized carbons (Fsp3) is 0.778. The number of carbonyl (C=O) groups is 2. The normalized spacial score (nSPS) is 14.7. The molecule has 0 spiro atoms. The third kappa shape index (κ3) is 4.68. The van der Waals surface area contributed by atoms with Crippen molar-refractivity contribution in [3.05, 3.63) is 10.1 Å². The van der Waals surface area contributed by atoms with Crippen LogP contribution >= 0.6 is 0 Å². The minimum Gasteiger partial charge on any atom is -0.465 e. The Morgan fingerprint density at radius 1 is 1.39 bits per heavy atom. The van der Waals surface area contributed by atoms with Crippen molar-refractivity contribution in [2.24, 2.45) is 11.8 Å². The maximum atomic E-state index is 12.6. The number of hydrogen-bond acceptors (Lipinski definition) is 5. The molecule has 0 fully saturated rings. The third-order valence-corrected chi connectivity index (χ3v) is 2.15. The van der Waals surface area contributed by atoms with E-state index in [0.29, 0.717) is 0 Å². The molecule has 0 saturated heterocycles. The van der Waals surface area contributed by atoms with Gasteiger partial charge < -0.3 is 4.74 Å². The summed E-state index contributed by atoms with van der Waals surface area (Å²) in [5, 5.41) is 10.2. The largest absolute Gasteiger partial charge is 0.465 e. The second-order valence-corrected chi connectivity index (χ2v) is 3.50. The zero-order valence-corrected chi connectivity index (χ0v) is 9.69. The molecular formula is C9H12F3NO5. The SMILES string of the molecule is CCOC(=O)C(C(C)=O)[C@H](C[N+](=O)[O-])C(F)(F)F. The Morgan fingerprint density at radius 3 is 2.17 bits per heavy atom. The van der Waals surface area contributed by atoms with Crippen molar-refractivity contribution in [2.45, 2.75) is 20.0 Å². The number of carbonyl (C=O) groups excluding carboxylic acids is 2.